The van der Waals surface area contributed by atoms with Crippen LogP contribution in [0.1, 0.15) is 88.6 Å². The molecule has 4 nitrogen and oxygen atoms in total. The molecule has 0 saturated heterocycles. The third-order valence-electron chi connectivity index (χ3n) is 4.90. The first-order chi connectivity index (χ1) is 12.4. The molecule has 1 unspecified atom stereocenters. The fourth-order valence-corrected chi connectivity index (χ4v) is 3.57. The molecule has 0 amide bonds. The van der Waals surface area contributed by atoms with Gasteiger partial charge in [-0.15, -0.1) is 6.20 Å². The number of anilines is 1. The van der Waals surface area contributed by atoms with E-state index in [1.807, 2.05) is 6.20 Å². The maximum Gasteiger partial charge on any atom is 0.0511 e. The quantitative estimate of drug-likeness (QED) is 0.531. The van der Waals surface area contributed by atoms with E-state index in [4.69, 9.17) is 4.98 Å². The molecule has 29 heavy (non-hydrogen) atoms. The van der Waals surface area contributed by atoms with Gasteiger partial charge in [0.1, 0.15) is 0 Å². The van der Waals surface area contributed by atoms with Crippen LogP contribution in [0.2, 0.25) is 0 Å². The van der Waals surface area contributed by atoms with Gasteiger partial charge in [-0.25, -0.2) is 0 Å². The Morgan fingerprint density at radius 3 is 1.93 bits per heavy atom. The van der Waals surface area contributed by atoms with Crippen LogP contribution >= 0.6 is 0 Å². The van der Waals surface area contributed by atoms with Crippen molar-refractivity contribution >= 4 is 17.0 Å². The van der Waals surface area contributed by atoms with Crippen molar-refractivity contribution in [3.63, 3.8) is 0 Å². The standard InChI is InChI=1S/C24H40N4.Y/c1-21(2,3)13-17(23(7,8)9)28(24(10,11)12)18-15-26-20-19(27-18)16(14-25-20)22(4,5)6;/h13-14,17H,1-12H3,(H,25,26);/q-2;. The summed E-state index contributed by atoms with van der Waals surface area (Å²) in [5.41, 5.74) is 2.93. The van der Waals surface area contributed by atoms with Crippen molar-refractivity contribution in [3.05, 3.63) is 24.4 Å². The number of hydrogen-bond acceptors (Lipinski definition) is 3. The molecule has 1 radical (unpaired) electrons. The molecule has 0 aliphatic carbocycles. The normalized spacial score (nSPS) is 14.6. The summed E-state index contributed by atoms with van der Waals surface area (Å²) in [5, 5.41) is 0. The number of aromatic amines is 1. The molecule has 0 aliphatic heterocycles. The molecule has 0 aromatic carbocycles. The fourth-order valence-electron chi connectivity index (χ4n) is 3.57. The van der Waals surface area contributed by atoms with Crippen molar-refractivity contribution in [1.82, 2.24) is 15.0 Å². The molecular formula is C24H40N4Y-2. The average Bonchev–Trinajstić information content (AvgIpc) is 2.85. The molecule has 0 saturated carbocycles. The van der Waals surface area contributed by atoms with Crippen LogP contribution in [0.25, 0.3) is 11.2 Å². The van der Waals surface area contributed by atoms with Gasteiger partial charge in [-0.3, -0.25) is 4.98 Å². The van der Waals surface area contributed by atoms with Crippen LogP contribution in [0, 0.1) is 23.4 Å². The predicted molar refractivity (Wildman–Crippen MR) is 121 cm³/mol. The summed E-state index contributed by atoms with van der Waals surface area (Å²) in [7, 11) is 0. The summed E-state index contributed by atoms with van der Waals surface area (Å²) in [6.07, 6.45) is 7.71. The number of nitrogens with one attached hydrogen (secondary N) is 1. The Morgan fingerprint density at radius 2 is 1.52 bits per heavy atom. The third kappa shape index (κ3) is 6.50. The van der Waals surface area contributed by atoms with Crippen molar-refractivity contribution in [2.45, 2.75) is 100 Å². The van der Waals surface area contributed by atoms with Gasteiger partial charge in [-0.2, -0.15) is 5.41 Å². The second-order valence-electron chi connectivity index (χ2n) is 12.2. The molecule has 5 heteroatoms. The third-order valence-corrected chi connectivity index (χ3v) is 4.90. The van der Waals surface area contributed by atoms with Crippen molar-refractivity contribution in [2.75, 3.05) is 4.90 Å². The molecule has 2 aromatic heterocycles. The van der Waals surface area contributed by atoms with E-state index < -0.39 is 0 Å². The monoisotopic (exact) mass is 473 g/mol. The molecule has 161 valence electrons. The predicted octanol–water partition coefficient (Wildman–Crippen LogP) is 6.32. The number of fused-ring (bicyclic) bond motifs is 1. The molecule has 1 atom stereocenters. The van der Waals surface area contributed by atoms with Gasteiger partial charge >= 0.3 is 0 Å². The van der Waals surface area contributed by atoms with Gasteiger partial charge in [0.05, 0.1) is 5.82 Å². The molecule has 0 fully saturated rings. The minimum absolute atomic E-state index is 0. The summed E-state index contributed by atoms with van der Waals surface area (Å²) < 4.78 is 0. The maximum absolute atomic E-state index is 5.09. The Kier molecular flexibility index (Phi) is 7.85. The van der Waals surface area contributed by atoms with E-state index >= 15 is 0 Å². The van der Waals surface area contributed by atoms with E-state index in [1.54, 1.807) is 0 Å². The van der Waals surface area contributed by atoms with Crippen molar-refractivity contribution in [2.24, 2.45) is 10.8 Å². The van der Waals surface area contributed by atoms with Gasteiger partial charge in [0.15, 0.2) is 0 Å². The van der Waals surface area contributed by atoms with E-state index in [1.165, 1.54) is 5.56 Å². The van der Waals surface area contributed by atoms with Crippen molar-refractivity contribution in [1.29, 1.82) is 0 Å². The smallest absolute Gasteiger partial charge is 0.0511 e. The zero-order valence-corrected chi connectivity index (χ0v) is 23.5. The SMILES string of the molecule is CC(C)(C)[CH-]C(N(c1[c-]nc2[nH]cc(C(C)(C)C)c2n1)C(C)(C)C)C(C)(C)C.[Y]. The Bertz CT molecular complexity index is 810. The van der Waals surface area contributed by atoms with Gasteiger partial charge in [0.2, 0.25) is 0 Å². The van der Waals surface area contributed by atoms with Crippen LogP contribution in [-0.4, -0.2) is 26.5 Å². The van der Waals surface area contributed by atoms with Crippen molar-refractivity contribution < 1.29 is 32.7 Å². The van der Waals surface area contributed by atoms with E-state index in [9.17, 15) is 0 Å². The average molecular weight is 474 g/mol. The zero-order chi connectivity index (χ0) is 21.7. The summed E-state index contributed by atoms with van der Waals surface area (Å²) >= 11 is 0. The molecule has 2 rings (SSSR count). The van der Waals surface area contributed by atoms with Crippen LogP contribution in [0.3, 0.4) is 0 Å². The van der Waals surface area contributed by atoms with Crippen LogP contribution in [0.15, 0.2) is 6.20 Å². The minimum atomic E-state index is -0.128. The molecule has 0 spiro atoms. The summed E-state index contributed by atoms with van der Waals surface area (Å²) in [6, 6.07) is 0.188. The Morgan fingerprint density at radius 1 is 0.966 bits per heavy atom. The van der Waals surface area contributed by atoms with Crippen LogP contribution in [-0.2, 0) is 38.1 Å². The van der Waals surface area contributed by atoms with Crippen molar-refractivity contribution in [3.8, 4) is 0 Å². The first kappa shape index (κ1) is 26.6. The molecule has 2 heterocycles. The fraction of sp³-hybridized carbons (Fsp3) is 0.708. The number of aromatic nitrogens is 3. The first-order valence-corrected chi connectivity index (χ1v) is 10.3. The van der Waals surface area contributed by atoms with Gasteiger partial charge in [-0.05, 0) is 49.0 Å². The zero-order valence-electron chi connectivity index (χ0n) is 20.7. The van der Waals surface area contributed by atoms with Crippen LogP contribution in [0.5, 0.6) is 0 Å². The first-order valence-electron chi connectivity index (χ1n) is 10.3. The number of nitrogens with zero attached hydrogens (tertiary/aromatic N) is 3. The second kappa shape index (κ2) is 8.57. The Balaban J connectivity index is 0.00000420. The van der Waals surface area contributed by atoms with Gasteiger partial charge in [0.25, 0.3) is 0 Å². The topological polar surface area (TPSA) is 44.8 Å². The molecular weight excluding hydrogens is 433 g/mol. The Labute approximate surface area is 203 Å². The largest absolute Gasteiger partial charge is 0.432 e. The second-order valence-corrected chi connectivity index (χ2v) is 12.2. The molecule has 2 aromatic rings. The Hall–Kier alpha value is -0.476. The van der Waals surface area contributed by atoms with E-state index in [-0.39, 0.29) is 60.5 Å². The van der Waals surface area contributed by atoms with E-state index in [0.29, 0.717) is 0 Å². The summed E-state index contributed by atoms with van der Waals surface area (Å²) in [6.45, 7) is 27.0. The van der Waals surface area contributed by atoms with Gasteiger partial charge in [-0.1, -0.05) is 68.4 Å². The molecule has 0 aliphatic rings. The minimum Gasteiger partial charge on any atom is -0.432 e. The van der Waals surface area contributed by atoms with E-state index in [2.05, 4.69) is 111 Å². The van der Waals surface area contributed by atoms with Gasteiger partial charge in [0, 0.05) is 43.8 Å². The molecule has 1 N–H and O–H groups in total. The summed E-state index contributed by atoms with van der Waals surface area (Å²) in [4.78, 5) is 15.4. The van der Waals surface area contributed by atoms with E-state index in [0.717, 1.165) is 17.0 Å². The van der Waals surface area contributed by atoms with Gasteiger partial charge < -0.3 is 21.3 Å². The maximum atomic E-state index is 5.09. The summed E-state index contributed by atoms with van der Waals surface area (Å²) in [5.74, 6) is 0.811. The van der Waals surface area contributed by atoms with Crippen LogP contribution in [0.4, 0.5) is 5.82 Å². The number of rotatable bonds is 3. The van der Waals surface area contributed by atoms with Crippen LogP contribution < -0.4 is 4.90 Å². The number of hydrogen-bond donors (Lipinski definition) is 1. The molecule has 0 bridgehead atoms. The number of H-pyrrole nitrogens is 1.